The van der Waals surface area contributed by atoms with E-state index in [0.29, 0.717) is 11.7 Å². The van der Waals surface area contributed by atoms with Gasteiger partial charge in [-0.1, -0.05) is 19.9 Å². The second-order valence-corrected chi connectivity index (χ2v) is 5.40. The SMILES string of the molecule is CC(C)c1ccc(N(C)C)c(-c2cc(N)n(C)n2)c1. The molecule has 1 aromatic heterocycles. The smallest absolute Gasteiger partial charge is 0.121 e. The molecule has 0 unspecified atom stereocenters. The summed E-state index contributed by atoms with van der Waals surface area (Å²) in [6.45, 7) is 4.39. The van der Waals surface area contributed by atoms with Gasteiger partial charge in [-0.25, -0.2) is 0 Å². The molecule has 0 saturated carbocycles. The molecular formula is C15H22N4. The van der Waals surface area contributed by atoms with E-state index < -0.39 is 0 Å². The van der Waals surface area contributed by atoms with Crippen LogP contribution in [0, 0.1) is 0 Å². The van der Waals surface area contributed by atoms with Crippen molar-refractivity contribution < 1.29 is 0 Å². The minimum Gasteiger partial charge on any atom is -0.384 e. The summed E-state index contributed by atoms with van der Waals surface area (Å²) in [6.07, 6.45) is 0. The average Bonchev–Trinajstić information content (AvgIpc) is 2.68. The van der Waals surface area contributed by atoms with Crippen molar-refractivity contribution in [2.24, 2.45) is 7.05 Å². The highest BCUT2D eigenvalue weighted by atomic mass is 15.3. The van der Waals surface area contributed by atoms with Crippen molar-refractivity contribution in [1.82, 2.24) is 9.78 Å². The number of aromatic nitrogens is 2. The molecule has 2 rings (SSSR count). The molecule has 2 N–H and O–H groups in total. The van der Waals surface area contributed by atoms with Crippen LogP contribution < -0.4 is 10.6 Å². The molecular weight excluding hydrogens is 236 g/mol. The number of anilines is 2. The first-order chi connectivity index (χ1) is 8.90. The number of rotatable bonds is 3. The van der Waals surface area contributed by atoms with Crippen molar-refractivity contribution in [2.45, 2.75) is 19.8 Å². The van der Waals surface area contributed by atoms with Crippen LogP contribution in [0.2, 0.25) is 0 Å². The van der Waals surface area contributed by atoms with Gasteiger partial charge in [0.2, 0.25) is 0 Å². The molecule has 0 amide bonds. The Morgan fingerprint density at radius 2 is 1.89 bits per heavy atom. The van der Waals surface area contributed by atoms with Gasteiger partial charge < -0.3 is 10.6 Å². The molecule has 0 spiro atoms. The fourth-order valence-electron chi connectivity index (χ4n) is 2.12. The van der Waals surface area contributed by atoms with Crippen molar-refractivity contribution in [1.29, 1.82) is 0 Å². The molecule has 2 aromatic rings. The van der Waals surface area contributed by atoms with Crippen LogP contribution >= 0.6 is 0 Å². The monoisotopic (exact) mass is 258 g/mol. The van der Waals surface area contributed by atoms with Crippen LogP contribution in [0.1, 0.15) is 25.3 Å². The lowest BCUT2D eigenvalue weighted by Gasteiger charge is -2.18. The predicted octanol–water partition coefficient (Wildman–Crippen LogP) is 2.86. The van der Waals surface area contributed by atoms with Gasteiger partial charge in [0.15, 0.2) is 0 Å². The molecule has 19 heavy (non-hydrogen) atoms. The zero-order valence-corrected chi connectivity index (χ0v) is 12.3. The van der Waals surface area contributed by atoms with Crippen LogP contribution in [-0.4, -0.2) is 23.9 Å². The van der Waals surface area contributed by atoms with Crippen LogP contribution in [0.15, 0.2) is 24.3 Å². The first kappa shape index (κ1) is 13.5. The Balaban J connectivity index is 2.60. The summed E-state index contributed by atoms with van der Waals surface area (Å²) in [7, 11) is 5.95. The molecule has 0 saturated heterocycles. The van der Waals surface area contributed by atoms with Crippen molar-refractivity contribution in [3.05, 3.63) is 29.8 Å². The van der Waals surface area contributed by atoms with E-state index in [1.165, 1.54) is 5.56 Å². The van der Waals surface area contributed by atoms with E-state index >= 15 is 0 Å². The number of nitrogens with two attached hydrogens (primary N) is 1. The number of nitrogens with zero attached hydrogens (tertiary/aromatic N) is 3. The molecule has 0 bridgehead atoms. The van der Waals surface area contributed by atoms with E-state index in [1.807, 2.05) is 27.2 Å². The van der Waals surface area contributed by atoms with Crippen LogP contribution in [-0.2, 0) is 7.05 Å². The molecule has 1 heterocycles. The molecule has 0 radical (unpaired) electrons. The molecule has 0 atom stereocenters. The van der Waals surface area contributed by atoms with Gasteiger partial charge in [0.1, 0.15) is 5.82 Å². The van der Waals surface area contributed by atoms with Crippen molar-refractivity contribution in [3.63, 3.8) is 0 Å². The third-order valence-electron chi connectivity index (χ3n) is 3.36. The van der Waals surface area contributed by atoms with Crippen LogP contribution in [0.25, 0.3) is 11.3 Å². The Bertz CT molecular complexity index is 562. The summed E-state index contributed by atoms with van der Waals surface area (Å²) in [5, 5.41) is 4.49. The van der Waals surface area contributed by atoms with Gasteiger partial charge in [0.05, 0.1) is 5.69 Å². The van der Waals surface area contributed by atoms with E-state index in [9.17, 15) is 0 Å². The van der Waals surface area contributed by atoms with Crippen LogP contribution in [0.5, 0.6) is 0 Å². The molecule has 0 aliphatic rings. The highest BCUT2D eigenvalue weighted by Gasteiger charge is 2.13. The summed E-state index contributed by atoms with van der Waals surface area (Å²) < 4.78 is 1.71. The maximum atomic E-state index is 5.89. The average molecular weight is 258 g/mol. The molecule has 1 aromatic carbocycles. The summed E-state index contributed by atoms with van der Waals surface area (Å²) in [5.41, 5.74) is 10.4. The normalized spacial score (nSPS) is 11.1. The second-order valence-electron chi connectivity index (χ2n) is 5.40. The van der Waals surface area contributed by atoms with Crippen LogP contribution in [0.3, 0.4) is 0 Å². The first-order valence-corrected chi connectivity index (χ1v) is 6.51. The van der Waals surface area contributed by atoms with Gasteiger partial charge >= 0.3 is 0 Å². The lowest BCUT2D eigenvalue weighted by atomic mass is 9.98. The number of hydrogen-bond acceptors (Lipinski definition) is 3. The predicted molar refractivity (Wildman–Crippen MR) is 81.5 cm³/mol. The lowest BCUT2D eigenvalue weighted by Crippen LogP contribution is -2.10. The molecule has 102 valence electrons. The largest absolute Gasteiger partial charge is 0.384 e. The fraction of sp³-hybridized carbons (Fsp3) is 0.400. The summed E-state index contributed by atoms with van der Waals surface area (Å²) in [4.78, 5) is 2.10. The molecule has 4 heteroatoms. The van der Waals surface area contributed by atoms with Gasteiger partial charge in [0, 0.05) is 38.5 Å². The van der Waals surface area contributed by atoms with E-state index in [2.05, 4.69) is 42.0 Å². The van der Waals surface area contributed by atoms with Gasteiger partial charge in [-0.15, -0.1) is 0 Å². The van der Waals surface area contributed by atoms with Gasteiger partial charge in [-0.05, 0) is 23.6 Å². The van der Waals surface area contributed by atoms with Gasteiger partial charge in [-0.3, -0.25) is 4.68 Å². The molecule has 0 aliphatic carbocycles. The van der Waals surface area contributed by atoms with E-state index in [1.54, 1.807) is 4.68 Å². The van der Waals surface area contributed by atoms with Gasteiger partial charge in [-0.2, -0.15) is 5.10 Å². The maximum Gasteiger partial charge on any atom is 0.121 e. The van der Waals surface area contributed by atoms with Crippen molar-refractivity contribution in [3.8, 4) is 11.3 Å². The Hall–Kier alpha value is -1.97. The summed E-state index contributed by atoms with van der Waals surface area (Å²) >= 11 is 0. The molecule has 0 aliphatic heterocycles. The Morgan fingerprint density at radius 3 is 2.37 bits per heavy atom. The maximum absolute atomic E-state index is 5.89. The number of aryl methyl sites for hydroxylation is 1. The number of hydrogen-bond donors (Lipinski definition) is 1. The van der Waals surface area contributed by atoms with E-state index in [-0.39, 0.29) is 0 Å². The van der Waals surface area contributed by atoms with Crippen molar-refractivity contribution >= 4 is 11.5 Å². The highest BCUT2D eigenvalue weighted by molar-refractivity contribution is 5.78. The molecule has 0 fully saturated rings. The van der Waals surface area contributed by atoms with E-state index in [4.69, 9.17) is 5.73 Å². The highest BCUT2D eigenvalue weighted by Crippen LogP contribution is 2.32. The summed E-state index contributed by atoms with van der Waals surface area (Å²) in [6, 6.07) is 8.46. The van der Waals surface area contributed by atoms with E-state index in [0.717, 1.165) is 16.9 Å². The fourth-order valence-corrected chi connectivity index (χ4v) is 2.12. The summed E-state index contributed by atoms with van der Waals surface area (Å²) in [5.74, 6) is 1.17. The lowest BCUT2D eigenvalue weighted by molar-refractivity contribution is 0.782. The number of benzene rings is 1. The third-order valence-corrected chi connectivity index (χ3v) is 3.36. The van der Waals surface area contributed by atoms with Crippen molar-refractivity contribution in [2.75, 3.05) is 24.7 Å². The minimum atomic E-state index is 0.496. The third kappa shape index (κ3) is 2.57. The zero-order chi connectivity index (χ0) is 14.2. The Labute approximate surface area is 114 Å². The Kier molecular flexibility index (Phi) is 3.51. The quantitative estimate of drug-likeness (QED) is 0.921. The van der Waals surface area contributed by atoms with Crippen LogP contribution in [0.4, 0.5) is 11.5 Å². The first-order valence-electron chi connectivity index (χ1n) is 6.51. The second kappa shape index (κ2) is 4.96. The minimum absolute atomic E-state index is 0.496. The standard InChI is InChI=1S/C15H22N4/c1-10(2)11-6-7-14(18(3)4)12(8-11)13-9-15(16)19(5)17-13/h6-10H,16H2,1-5H3. The zero-order valence-electron chi connectivity index (χ0n) is 12.3. The Morgan fingerprint density at radius 1 is 1.21 bits per heavy atom. The van der Waals surface area contributed by atoms with Gasteiger partial charge in [0.25, 0.3) is 0 Å². The number of nitrogen functional groups attached to an aromatic ring is 1. The molecule has 4 nitrogen and oxygen atoms in total. The topological polar surface area (TPSA) is 47.1 Å².